The Labute approximate surface area is 32.8 Å². The predicted molar refractivity (Wildman–Crippen MR) is 23.2 cm³/mol. The molecule has 0 spiro atoms. The summed E-state index contributed by atoms with van der Waals surface area (Å²) in [6, 6.07) is 0. The molecule has 0 aromatic rings. The molecule has 0 saturated heterocycles. The topological polar surface area (TPSA) is 21.3 Å². The van der Waals surface area contributed by atoms with E-state index in [2.05, 4.69) is 9.88 Å². The molecule has 0 rings (SSSR count). The van der Waals surface area contributed by atoms with Crippen molar-refractivity contribution in [2.75, 3.05) is 14.2 Å². The molecule has 5 heavy (non-hydrogen) atoms. The molecule has 0 aliphatic rings. The Bertz CT molecular complexity index is 17.1. The van der Waals surface area contributed by atoms with Gasteiger partial charge in [-0.15, -0.1) is 0 Å². The van der Waals surface area contributed by atoms with E-state index in [9.17, 15) is 0 Å². The number of nitrogens with one attached hydrogen (secondary N) is 1. The quantitative estimate of drug-likeness (QED) is 0.428. The van der Waals surface area contributed by atoms with Crippen LogP contribution < -0.4 is 5.23 Å². The van der Waals surface area contributed by atoms with Gasteiger partial charge in [-0.05, 0) is 7.05 Å². The highest BCUT2D eigenvalue weighted by molar-refractivity contribution is 6.23. The van der Waals surface area contributed by atoms with Crippen LogP contribution in [0.4, 0.5) is 0 Å². The van der Waals surface area contributed by atoms with Gasteiger partial charge in [-0.1, -0.05) is 0 Å². The number of rotatable bonds is 2. The Balaban J connectivity index is 2.19. The summed E-state index contributed by atoms with van der Waals surface area (Å²) < 4.78 is 4.58. The SMILES string of the molecule is CNBOC. The van der Waals surface area contributed by atoms with Gasteiger partial charge >= 0.3 is 7.62 Å². The highest BCUT2D eigenvalue weighted by atomic mass is 16.4. The highest BCUT2D eigenvalue weighted by Gasteiger charge is 1.70. The van der Waals surface area contributed by atoms with Crippen molar-refractivity contribution in [3.05, 3.63) is 0 Å². The lowest BCUT2D eigenvalue weighted by Gasteiger charge is -1.84. The van der Waals surface area contributed by atoms with Crippen LogP contribution in [0.1, 0.15) is 0 Å². The van der Waals surface area contributed by atoms with Gasteiger partial charge in [0.15, 0.2) is 0 Å². The van der Waals surface area contributed by atoms with Gasteiger partial charge < -0.3 is 9.88 Å². The summed E-state index contributed by atoms with van der Waals surface area (Å²) in [5, 5.41) is 2.80. The second-order valence-corrected chi connectivity index (χ2v) is 0.787. The predicted octanol–water partition coefficient (Wildman–Crippen LogP) is -0.881. The second kappa shape index (κ2) is 3.98. The molecular formula is C2H8BNO. The van der Waals surface area contributed by atoms with Gasteiger partial charge in [-0.2, -0.15) is 0 Å². The van der Waals surface area contributed by atoms with E-state index in [0.717, 1.165) is 0 Å². The Kier molecular flexibility index (Phi) is 3.97. The van der Waals surface area contributed by atoms with Crippen LogP contribution in [0.3, 0.4) is 0 Å². The smallest absolute Gasteiger partial charge is 0.360 e. The van der Waals surface area contributed by atoms with Gasteiger partial charge in [0.25, 0.3) is 0 Å². The molecule has 1 N–H and O–H groups in total. The van der Waals surface area contributed by atoms with Crippen LogP contribution in [0, 0.1) is 0 Å². The summed E-state index contributed by atoms with van der Waals surface area (Å²) in [7, 11) is 4.12. The van der Waals surface area contributed by atoms with Crippen LogP contribution in [-0.2, 0) is 4.65 Å². The van der Waals surface area contributed by atoms with Gasteiger partial charge in [-0.25, -0.2) is 0 Å². The van der Waals surface area contributed by atoms with E-state index in [1.165, 1.54) is 0 Å². The summed E-state index contributed by atoms with van der Waals surface area (Å²) in [5.74, 6) is 0. The largest absolute Gasteiger partial charge is 0.427 e. The van der Waals surface area contributed by atoms with E-state index in [4.69, 9.17) is 0 Å². The van der Waals surface area contributed by atoms with E-state index < -0.39 is 0 Å². The third-order valence-corrected chi connectivity index (χ3v) is 0.289. The summed E-state index contributed by atoms with van der Waals surface area (Å²) >= 11 is 0. The maximum atomic E-state index is 4.58. The zero-order valence-corrected chi connectivity index (χ0v) is 3.62. The maximum absolute atomic E-state index is 4.58. The first kappa shape index (κ1) is 4.98. The number of hydrogen-bond donors (Lipinski definition) is 1. The van der Waals surface area contributed by atoms with E-state index >= 15 is 0 Å². The molecule has 0 atom stereocenters. The maximum Gasteiger partial charge on any atom is 0.360 e. The van der Waals surface area contributed by atoms with E-state index in [0.29, 0.717) is 7.62 Å². The summed E-state index contributed by atoms with van der Waals surface area (Å²) in [6.45, 7) is 0. The Hall–Kier alpha value is -0.0151. The molecule has 30 valence electrons. The third kappa shape index (κ3) is 3.98. The molecular weight excluding hydrogens is 64.8 g/mol. The highest BCUT2D eigenvalue weighted by Crippen LogP contribution is 1.42. The van der Waals surface area contributed by atoms with Gasteiger partial charge in [-0.3, -0.25) is 0 Å². The average Bonchev–Trinajstić information content (AvgIpc) is 1.41. The zero-order chi connectivity index (χ0) is 4.12. The van der Waals surface area contributed by atoms with Gasteiger partial charge in [0.2, 0.25) is 0 Å². The van der Waals surface area contributed by atoms with Crippen molar-refractivity contribution in [2.24, 2.45) is 0 Å². The monoisotopic (exact) mass is 73.1 g/mol. The number of hydrogen-bond acceptors (Lipinski definition) is 2. The van der Waals surface area contributed by atoms with E-state index in [1.54, 1.807) is 7.11 Å². The van der Waals surface area contributed by atoms with Crippen molar-refractivity contribution in [1.29, 1.82) is 0 Å². The Morgan fingerprint density at radius 1 is 1.80 bits per heavy atom. The summed E-state index contributed by atoms with van der Waals surface area (Å²) in [4.78, 5) is 0. The van der Waals surface area contributed by atoms with E-state index in [1.807, 2.05) is 7.05 Å². The molecule has 3 heteroatoms. The lowest BCUT2D eigenvalue weighted by molar-refractivity contribution is 0.434. The minimum atomic E-state index is 0.639. The van der Waals surface area contributed by atoms with Gasteiger partial charge in [0.1, 0.15) is 0 Å². The molecule has 0 heterocycles. The molecule has 0 radical (unpaired) electrons. The van der Waals surface area contributed by atoms with Crippen LogP contribution in [-0.4, -0.2) is 21.8 Å². The molecule has 2 nitrogen and oxygen atoms in total. The van der Waals surface area contributed by atoms with Crippen molar-refractivity contribution < 1.29 is 4.65 Å². The molecule has 0 bridgehead atoms. The molecule has 0 aliphatic carbocycles. The fourth-order valence-corrected chi connectivity index (χ4v) is 0.144. The average molecular weight is 72.9 g/mol. The zero-order valence-electron chi connectivity index (χ0n) is 3.62. The van der Waals surface area contributed by atoms with Gasteiger partial charge in [0.05, 0.1) is 0 Å². The van der Waals surface area contributed by atoms with Crippen LogP contribution in [0.5, 0.6) is 0 Å². The molecule has 0 aromatic heterocycles. The van der Waals surface area contributed by atoms with Crippen LogP contribution in [0.15, 0.2) is 0 Å². The van der Waals surface area contributed by atoms with Crippen LogP contribution in [0.25, 0.3) is 0 Å². The lowest BCUT2D eigenvalue weighted by Crippen LogP contribution is -2.13. The standard InChI is InChI=1S/C2H8BNO/c1-4-3-5-2/h3-4H,1-2H3. The lowest BCUT2D eigenvalue weighted by atomic mass is 10.3. The molecule has 0 aromatic carbocycles. The normalized spacial score (nSPS) is 7.60. The molecule has 0 aliphatic heterocycles. The minimum absolute atomic E-state index is 0.639. The Morgan fingerprint density at radius 3 is 2.40 bits per heavy atom. The van der Waals surface area contributed by atoms with Crippen LogP contribution in [0.2, 0.25) is 0 Å². The molecule has 0 unspecified atom stereocenters. The van der Waals surface area contributed by atoms with E-state index in [-0.39, 0.29) is 0 Å². The Morgan fingerprint density at radius 2 is 2.40 bits per heavy atom. The van der Waals surface area contributed by atoms with Crippen molar-refractivity contribution >= 4 is 7.62 Å². The summed E-state index contributed by atoms with van der Waals surface area (Å²) in [6.07, 6.45) is 0. The molecule has 0 amide bonds. The van der Waals surface area contributed by atoms with Crippen molar-refractivity contribution in [1.82, 2.24) is 5.23 Å². The second-order valence-electron chi connectivity index (χ2n) is 0.787. The van der Waals surface area contributed by atoms with Crippen molar-refractivity contribution in [3.8, 4) is 0 Å². The van der Waals surface area contributed by atoms with Crippen molar-refractivity contribution in [3.63, 3.8) is 0 Å². The minimum Gasteiger partial charge on any atom is -0.427 e. The molecule has 0 saturated carbocycles. The summed E-state index contributed by atoms with van der Waals surface area (Å²) in [5.41, 5.74) is 0. The molecule has 0 fully saturated rings. The van der Waals surface area contributed by atoms with Crippen LogP contribution >= 0.6 is 0 Å². The van der Waals surface area contributed by atoms with Gasteiger partial charge in [0, 0.05) is 7.11 Å². The first-order valence-corrected chi connectivity index (χ1v) is 1.55. The first-order valence-electron chi connectivity index (χ1n) is 1.55. The third-order valence-electron chi connectivity index (χ3n) is 0.289. The fourth-order valence-electron chi connectivity index (χ4n) is 0.144. The first-order chi connectivity index (χ1) is 2.41. The fraction of sp³-hybridized carbons (Fsp3) is 1.00. The van der Waals surface area contributed by atoms with Crippen molar-refractivity contribution in [2.45, 2.75) is 0 Å².